The van der Waals surface area contributed by atoms with Gasteiger partial charge in [0.25, 0.3) is 5.91 Å². The van der Waals surface area contributed by atoms with E-state index in [-0.39, 0.29) is 16.9 Å². The molecule has 3 aromatic rings. The van der Waals surface area contributed by atoms with Gasteiger partial charge in [0.1, 0.15) is 5.82 Å². The monoisotopic (exact) mass is 461 g/mol. The average Bonchev–Trinajstić information content (AvgIpc) is 3.02. The van der Waals surface area contributed by atoms with Crippen LogP contribution in [0, 0.1) is 12.7 Å². The predicted molar refractivity (Wildman–Crippen MR) is 109 cm³/mol. The van der Waals surface area contributed by atoms with E-state index in [4.69, 9.17) is 4.74 Å². The molecule has 150 valence electrons. The van der Waals surface area contributed by atoms with Crippen LogP contribution in [-0.4, -0.2) is 27.5 Å². The van der Waals surface area contributed by atoms with Gasteiger partial charge >= 0.3 is 11.7 Å². The van der Waals surface area contributed by atoms with Gasteiger partial charge < -0.3 is 15.0 Å². The van der Waals surface area contributed by atoms with Crippen LogP contribution >= 0.6 is 15.9 Å². The van der Waals surface area contributed by atoms with Crippen molar-refractivity contribution in [1.29, 1.82) is 0 Å². The highest BCUT2D eigenvalue weighted by Gasteiger charge is 2.20. The van der Waals surface area contributed by atoms with Crippen molar-refractivity contribution in [2.45, 2.75) is 20.0 Å². The van der Waals surface area contributed by atoms with E-state index in [0.717, 1.165) is 5.69 Å². The quantitative estimate of drug-likeness (QED) is 0.568. The Bertz CT molecular complexity index is 1120. The van der Waals surface area contributed by atoms with Gasteiger partial charge in [-0.1, -0.05) is 15.9 Å². The first-order valence-electron chi connectivity index (χ1n) is 8.60. The average molecular weight is 462 g/mol. The summed E-state index contributed by atoms with van der Waals surface area (Å²) in [6.45, 7) is 3.16. The van der Waals surface area contributed by atoms with Gasteiger partial charge in [0.2, 0.25) is 0 Å². The highest BCUT2D eigenvalue weighted by molar-refractivity contribution is 9.10. The summed E-state index contributed by atoms with van der Waals surface area (Å²) in [4.78, 5) is 38.9. The number of anilines is 1. The van der Waals surface area contributed by atoms with Crippen LogP contribution < -0.4 is 11.0 Å². The zero-order valence-corrected chi connectivity index (χ0v) is 17.1. The Labute approximate surface area is 173 Å². The number of carbonyl (C=O) groups is 2. The zero-order chi connectivity index (χ0) is 21.1. The van der Waals surface area contributed by atoms with Crippen LogP contribution in [-0.2, 0) is 9.53 Å². The minimum Gasteiger partial charge on any atom is -0.449 e. The number of esters is 1. The lowest BCUT2D eigenvalue weighted by Gasteiger charge is -2.14. The van der Waals surface area contributed by atoms with Gasteiger partial charge in [-0.15, -0.1) is 0 Å². The maximum atomic E-state index is 13.8. The molecule has 0 aliphatic heterocycles. The molecular formula is C20H17BrFN3O4. The Balaban J connectivity index is 1.66. The third kappa shape index (κ3) is 4.62. The summed E-state index contributed by atoms with van der Waals surface area (Å²) in [7, 11) is 0. The van der Waals surface area contributed by atoms with Crippen LogP contribution in [0.15, 0.2) is 57.9 Å². The molecule has 0 saturated heterocycles. The number of rotatable bonds is 5. The molecule has 1 heterocycles. The van der Waals surface area contributed by atoms with Gasteiger partial charge in [-0.05, 0) is 56.3 Å². The molecule has 0 radical (unpaired) electrons. The molecule has 9 heteroatoms. The molecule has 0 bridgehead atoms. The summed E-state index contributed by atoms with van der Waals surface area (Å²) in [6.07, 6.45) is 0.443. The van der Waals surface area contributed by atoms with Crippen LogP contribution in [0.3, 0.4) is 0 Å². The van der Waals surface area contributed by atoms with Crippen molar-refractivity contribution in [2.75, 3.05) is 5.32 Å². The van der Waals surface area contributed by atoms with E-state index in [1.54, 1.807) is 31.3 Å². The number of imidazole rings is 1. The first-order chi connectivity index (χ1) is 13.8. The van der Waals surface area contributed by atoms with Gasteiger partial charge in [-0.2, -0.15) is 0 Å². The summed E-state index contributed by atoms with van der Waals surface area (Å²) < 4.78 is 21.0. The molecule has 7 nitrogen and oxygen atoms in total. The summed E-state index contributed by atoms with van der Waals surface area (Å²) in [5.41, 5.74) is 1.21. The smallest absolute Gasteiger partial charge is 0.338 e. The van der Waals surface area contributed by atoms with Crippen molar-refractivity contribution in [3.05, 3.63) is 80.7 Å². The van der Waals surface area contributed by atoms with Crippen molar-refractivity contribution >= 4 is 33.5 Å². The van der Waals surface area contributed by atoms with Crippen LogP contribution in [0.5, 0.6) is 0 Å². The molecule has 0 saturated carbocycles. The first kappa shape index (κ1) is 20.5. The van der Waals surface area contributed by atoms with Gasteiger partial charge in [0.15, 0.2) is 6.10 Å². The highest BCUT2D eigenvalue weighted by Crippen LogP contribution is 2.20. The molecule has 2 N–H and O–H groups in total. The maximum absolute atomic E-state index is 13.8. The summed E-state index contributed by atoms with van der Waals surface area (Å²) in [6, 6.07) is 10.4. The molecule has 1 aromatic heterocycles. The van der Waals surface area contributed by atoms with Crippen molar-refractivity contribution in [1.82, 2.24) is 9.55 Å². The van der Waals surface area contributed by atoms with Crippen molar-refractivity contribution < 1.29 is 18.7 Å². The molecule has 1 unspecified atom stereocenters. The van der Waals surface area contributed by atoms with Crippen molar-refractivity contribution in [3.8, 4) is 5.69 Å². The number of carbonyl (C=O) groups excluding carboxylic acids is 2. The molecule has 1 amide bonds. The van der Waals surface area contributed by atoms with Crippen molar-refractivity contribution in [2.24, 2.45) is 0 Å². The van der Waals surface area contributed by atoms with E-state index < -0.39 is 23.8 Å². The lowest BCUT2D eigenvalue weighted by molar-refractivity contribution is -0.123. The third-order valence-electron chi connectivity index (χ3n) is 4.16. The minimum absolute atomic E-state index is 0.0160. The SMILES string of the molecule is Cc1c[nH]c(=O)n1-c1ccc(C(=O)OC(C)C(=O)Nc2ccc(Br)cc2F)cc1. The van der Waals surface area contributed by atoms with E-state index in [9.17, 15) is 18.8 Å². The Morgan fingerprint density at radius 3 is 2.48 bits per heavy atom. The molecule has 1 atom stereocenters. The predicted octanol–water partition coefficient (Wildman–Crippen LogP) is 3.56. The Hall–Kier alpha value is -3.20. The molecule has 29 heavy (non-hydrogen) atoms. The van der Waals surface area contributed by atoms with E-state index in [1.165, 1.54) is 35.8 Å². The number of nitrogens with one attached hydrogen (secondary N) is 2. The lowest BCUT2D eigenvalue weighted by Crippen LogP contribution is -2.30. The Morgan fingerprint density at radius 2 is 1.90 bits per heavy atom. The van der Waals surface area contributed by atoms with Gasteiger partial charge in [0.05, 0.1) is 16.9 Å². The molecule has 0 aliphatic rings. The molecule has 0 spiro atoms. The number of halogens is 2. The first-order valence-corrected chi connectivity index (χ1v) is 9.40. The zero-order valence-electron chi connectivity index (χ0n) is 15.5. The summed E-state index contributed by atoms with van der Waals surface area (Å²) >= 11 is 3.13. The maximum Gasteiger partial charge on any atom is 0.338 e. The second-order valence-electron chi connectivity index (χ2n) is 6.28. The molecule has 2 aromatic carbocycles. The number of aryl methyl sites for hydroxylation is 1. The van der Waals surface area contributed by atoms with Crippen LogP contribution in [0.1, 0.15) is 23.0 Å². The number of benzene rings is 2. The Morgan fingerprint density at radius 1 is 1.21 bits per heavy atom. The van der Waals surface area contributed by atoms with Gasteiger partial charge in [-0.3, -0.25) is 9.36 Å². The Kier molecular flexibility index (Phi) is 5.97. The lowest BCUT2D eigenvalue weighted by atomic mass is 10.2. The summed E-state index contributed by atoms with van der Waals surface area (Å²) in [5.74, 6) is -1.99. The van der Waals surface area contributed by atoms with Crippen LogP contribution in [0.4, 0.5) is 10.1 Å². The number of hydrogen-bond donors (Lipinski definition) is 2. The van der Waals surface area contributed by atoms with E-state index >= 15 is 0 Å². The fourth-order valence-corrected chi connectivity index (χ4v) is 2.96. The molecule has 3 rings (SSSR count). The molecule has 0 fully saturated rings. The fraction of sp³-hybridized carbons (Fsp3) is 0.150. The van der Waals surface area contributed by atoms with E-state index in [2.05, 4.69) is 26.2 Å². The number of ether oxygens (including phenoxy) is 1. The summed E-state index contributed by atoms with van der Waals surface area (Å²) in [5, 5.41) is 2.38. The second kappa shape index (κ2) is 8.44. The van der Waals surface area contributed by atoms with Gasteiger partial charge in [-0.25, -0.2) is 14.0 Å². The third-order valence-corrected chi connectivity index (χ3v) is 4.66. The number of H-pyrrole nitrogens is 1. The highest BCUT2D eigenvalue weighted by atomic mass is 79.9. The largest absolute Gasteiger partial charge is 0.449 e. The van der Waals surface area contributed by atoms with E-state index in [0.29, 0.717) is 10.2 Å². The topological polar surface area (TPSA) is 93.2 Å². The second-order valence-corrected chi connectivity index (χ2v) is 7.19. The normalized spacial score (nSPS) is 11.7. The number of hydrogen-bond acceptors (Lipinski definition) is 4. The number of nitrogens with zero attached hydrogens (tertiary/aromatic N) is 1. The molecule has 0 aliphatic carbocycles. The minimum atomic E-state index is -1.14. The number of aromatic nitrogens is 2. The molecular weight excluding hydrogens is 445 g/mol. The van der Waals surface area contributed by atoms with E-state index in [1.807, 2.05) is 0 Å². The number of aromatic amines is 1. The fourth-order valence-electron chi connectivity index (χ4n) is 2.63. The number of amides is 1. The van der Waals surface area contributed by atoms with Crippen LogP contribution in [0.2, 0.25) is 0 Å². The van der Waals surface area contributed by atoms with Gasteiger partial charge in [0, 0.05) is 16.4 Å². The van der Waals surface area contributed by atoms with Crippen LogP contribution in [0.25, 0.3) is 5.69 Å². The van der Waals surface area contributed by atoms with Crippen molar-refractivity contribution in [3.63, 3.8) is 0 Å². The standard InChI is InChI=1S/C20H17BrFN3O4/c1-11-10-23-20(28)25(11)15-6-3-13(4-7-15)19(27)29-12(2)18(26)24-17-8-5-14(21)9-16(17)22/h3-10,12H,1-2H3,(H,23,28)(H,24,26).